The zero-order valence-electron chi connectivity index (χ0n) is 19.7. The van der Waals surface area contributed by atoms with Gasteiger partial charge in [-0.2, -0.15) is 0 Å². The quantitative estimate of drug-likeness (QED) is 0.653. The number of likely N-dealkylation sites (N-methyl/N-ethyl adjacent to an activating group) is 1. The molecule has 3 aliphatic heterocycles. The van der Waals surface area contributed by atoms with Crippen LogP contribution in [0.4, 0.5) is 10.8 Å². The number of fused-ring (bicyclic) bond motifs is 1. The number of rotatable bonds is 6. The lowest BCUT2D eigenvalue weighted by Gasteiger charge is -2.32. The first-order chi connectivity index (χ1) is 16.5. The number of carbonyl (C=O) groups is 2. The fraction of sp³-hybridized carbons (Fsp3) is 0.542. The van der Waals surface area contributed by atoms with E-state index >= 15 is 0 Å². The summed E-state index contributed by atoms with van der Waals surface area (Å²) in [6.45, 7) is 8.55. The third-order valence-corrected chi connectivity index (χ3v) is 8.10. The Bertz CT molecular complexity index is 1060. The minimum Gasteiger partial charge on any atom is -0.378 e. The lowest BCUT2D eigenvalue weighted by Crippen LogP contribution is -2.44. The van der Waals surface area contributed by atoms with Crippen LogP contribution in [-0.4, -0.2) is 92.7 Å². The molecule has 0 atom stereocenters. The molecule has 2 saturated heterocycles. The number of hydrogen-bond donors (Lipinski definition) is 1. The van der Waals surface area contributed by atoms with Crippen LogP contribution in [0.1, 0.15) is 26.5 Å². The molecule has 2 aromatic rings. The fourth-order valence-electron chi connectivity index (χ4n) is 4.94. The molecule has 2 N–H and O–H groups in total. The van der Waals surface area contributed by atoms with Crippen molar-refractivity contribution in [3.63, 3.8) is 0 Å². The smallest absolute Gasteiger partial charge is 0.260 e. The fourth-order valence-corrected chi connectivity index (χ4v) is 5.93. The van der Waals surface area contributed by atoms with E-state index in [9.17, 15) is 9.59 Å². The molecule has 9 nitrogen and oxygen atoms in total. The molecule has 0 saturated carbocycles. The van der Waals surface area contributed by atoms with Crippen LogP contribution in [-0.2, 0) is 28.9 Å². The van der Waals surface area contributed by atoms with Gasteiger partial charge in [0.1, 0.15) is 4.88 Å². The number of aromatic nitrogens is 1. The van der Waals surface area contributed by atoms with Crippen LogP contribution in [0.5, 0.6) is 0 Å². The second-order valence-electron chi connectivity index (χ2n) is 9.20. The zero-order chi connectivity index (χ0) is 23.7. The summed E-state index contributed by atoms with van der Waals surface area (Å²) in [5.41, 5.74) is 9.67. The van der Waals surface area contributed by atoms with Crippen LogP contribution in [0.25, 0.3) is 0 Å². The molecule has 182 valence electrons. The maximum absolute atomic E-state index is 13.4. The average Bonchev–Trinajstić information content (AvgIpc) is 3.46. The van der Waals surface area contributed by atoms with Crippen LogP contribution in [0.15, 0.2) is 18.2 Å². The van der Waals surface area contributed by atoms with Crippen molar-refractivity contribution < 1.29 is 14.3 Å². The van der Waals surface area contributed by atoms with Gasteiger partial charge in [0.2, 0.25) is 5.91 Å². The van der Waals surface area contributed by atoms with Gasteiger partial charge in [-0.15, -0.1) is 0 Å². The number of ether oxygens (including phenoxy) is 1. The molecule has 2 fully saturated rings. The highest BCUT2D eigenvalue weighted by atomic mass is 32.1. The van der Waals surface area contributed by atoms with E-state index < -0.39 is 5.91 Å². The Morgan fingerprint density at radius 2 is 1.85 bits per heavy atom. The molecular formula is C24H32N6O3S. The molecule has 0 unspecified atom stereocenters. The van der Waals surface area contributed by atoms with Crippen molar-refractivity contribution in [3.05, 3.63) is 39.9 Å². The summed E-state index contributed by atoms with van der Waals surface area (Å²) < 4.78 is 5.41. The van der Waals surface area contributed by atoms with Crippen LogP contribution < -0.4 is 15.5 Å². The molecule has 0 radical (unpaired) electrons. The van der Waals surface area contributed by atoms with Crippen LogP contribution >= 0.6 is 11.3 Å². The minimum absolute atomic E-state index is 0.0446. The number of piperazine rings is 1. The van der Waals surface area contributed by atoms with Crippen molar-refractivity contribution >= 4 is 34.0 Å². The van der Waals surface area contributed by atoms with Gasteiger partial charge in [-0.3, -0.25) is 14.5 Å². The van der Waals surface area contributed by atoms with Crippen LogP contribution in [0, 0.1) is 0 Å². The molecule has 2 amide bonds. The van der Waals surface area contributed by atoms with Gasteiger partial charge in [0, 0.05) is 58.0 Å². The Balaban J connectivity index is 1.31. The predicted molar refractivity (Wildman–Crippen MR) is 133 cm³/mol. The summed E-state index contributed by atoms with van der Waals surface area (Å²) in [7, 11) is 2.16. The number of nitrogens with two attached hydrogens (primary N) is 1. The normalized spacial score (nSPS) is 19.4. The Morgan fingerprint density at radius 3 is 2.59 bits per heavy atom. The Kier molecular flexibility index (Phi) is 6.82. The lowest BCUT2D eigenvalue weighted by molar-refractivity contribution is -0.117. The maximum atomic E-state index is 13.4. The van der Waals surface area contributed by atoms with E-state index in [0.717, 1.165) is 50.0 Å². The molecule has 4 heterocycles. The topological polar surface area (TPSA) is 95.2 Å². The molecule has 1 aromatic heterocycles. The summed E-state index contributed by atoms with van der Waals surface area (Å²) in [5.74, 6) is -0.576. The zero-order valence-corrected chi connectivity index (χ0v) is 20.5. The Hall–Kier alpha value is -2.53. The third-order valence-electron chi connectivity index (χ3n) is 6.93. The van der Waals surface area contributed by atoms with Crippen molar-refractivity contribution in [3.8, 4) is 0 Å². The van der Waals surface area contributed by atoms with Gasteiger partial charge >= 0.3 is 0 Å². The summed E-state index contributed by atoms with van der Waals surface area (Å²) >= 11 is 1.27. The summed E-state index contributed by atoms with van der Waals surface area (Å²) in [5, 5.41) is 0.733. The average molecular weight is 485 g/mol. The molecule has 34 heavy (non-hydrogen) atoms. The van der Waals surface area contributed by atoms with E-state index in [-0.39, 0.29) is 12.3 Å². The van der Waals surface area contributed by atoms with Gasteiger partial charge in [0.25, 0.3) is 5.91 Å². The number of amides is 2. The van der Waals surface area contributed by atoms with Gasteiger partial charge in [0.15, 0.2) is 5.13 Å². The number of hydrogen-bond acceptors (Lipinski definition) is 8. The Morgan fingerprint density at radius 1 is 1.09 bits per heavy atom. The molecule has 0 aliphatic carbocycles. The van der Waals surface area contributed by atoms with Crippen LogP contribution in [0.2, 0.25) is 0 Å². The van der Waals surface area contributed by atoms with E-state index in [1.807, 2.05) is 17.0 Å². The van der Waals surface area contributed by atoms with Crippen molar-refractivity contribution in [1.29, 1.82) is 0 Å². The number of primary amides is 1. The number of anilines is 2. The molecule has 3 aliphatic rings. The number of nitrogens with zero attached hydrogens (tertiary/aromatic N) is 5. The van der Waals surface area contributed by atoms with E-state index in [1.54, 1.807) is 0 Å². The predicted octanol–water partition coefficient (Wildman–Crippen LogP) is 0.958. The SMILES string of the molecule is CN1CCN(Cc2cccc3c2CCN3C(=O)Cc2nc(N3CCOCC3)sc2C(N)=O)CC1. The second-order valence-corrected chi connectivity index (χ2v) is 10.2. The van der Waals surface area contributed by atoms with Crippen molar-refractivity contribution in [2.24, 2.45) is 5.73 Å². The van der Waals surface area contributed by atoms with E-state index in [0.29, 0.717) is 43.4 Å². The molecule has 10 heteroatoms. The van der Waals surface area contributed by atoms with Crippen molar-refractivity contribution in [2.45, 2.75) is 19.4 Å². The van der Waals surface area contributed by atoms with E-state index in [2.05, 4.69) is 32.8 Å². The molecule has 0 bridgehead atoms. The molecule has 0 spiro atoms. The number of benzene rings is 1. The second kappa shape index (κ2) is 9.99. The first-order valence-corrected chi connectivity index (χ1v) is 12.8. The summed E-state index contributed by atoms with van der Waals surface area (Å²) in [4.78, 5) is 39.3. The number of morpholine rings is 1. The van der Waals surface area contributed by atoms with E-state index in [4.69, 9.17) is 10.5 Å². The molecule has 1 aromatic carbocycles. The van der Waals surface area contributed by atoms with Crippen molar-refractivity contribution in [2.75, 3.05) is 75.9 Å². The van der Waals surface area contributed by atoms with Gasteiger partial charge in [-0.1, -0.05) is 23.5 Å². The lowest BCUT2D eigenvalue weighted by atomic mass is 10.0. The summed E-state index contributed by atoms with van der Waals surface area (Å²) in [6, 6.07) is 6.26. The molecule has 5 rings (SSSR count). The standard InChI is InChI=1S/C24H32N6O3S/c1-27-7-9-28(10-8-27)16-17-3-2-4-20-18(17)5-6-30(20)21(31)15-19-22(23(25)32)34-24(26-19)29-11-13-33-14-12-29/h2-4H,5-16H2,1H3,(H2,25,32). The third kappa shape index (κ3) is 4.81. The van der Waals surface area contributed by atoms with Crippen molar-refractivity contribution in [1.82, 2.24) is 14.8 Å². The van der Waals surface area contributed by atoms with E-state index in [1.165, 1.54) is 22.5 Å². The van der Waals surface area contributed by atoms with Gasteiger partial charge in [-0.05, 0) is 30.7 Å². The molecular weight excluding hydrogens is 452 g/mol. The maximum Gasteiger partial charge on any atom is 0.260 e. The largest absolute Gasteiger partial charge is 0.378 e. The highest BCUT2D eigenvalue weighted by Gasteiger charge is 2.30. The first kappa shape index (κ1) is 23.2. The minimum atomic E-state index is -0.531. The number of thiazole rings is 1. The Labute approximate surface area is 204 Å². The monoisotopic (exact) mass is 484 g/mol. The first-order valence-electron chi connectivity index (χ1n) is 11.9. The van der Waals surface area contributed by atoms with Gasteiger partial charge in [-0.25, -0.2) is 4.98 Å². The van der Waals surface area contributed by atoms with Gasteiger partial charge in [0.05, 0.1) is 25.3 Å². The number of carbonyl (C=O) groups excluding carboxylic acids is 2. The highest BCUT2D eigenvalue weighted by Crippen LogP contribution is 2.33. The van der Waals surface area contributed by atoms with Gasteiger partial charge < -0.3 is 25.2 Å². The highest BCUT2D eigenvalue weighted by molar-refractivity contribution is 7.17. The summed E-state index contributed by atoms with van der Waals surface area (Å²) in [6.07, 6.45) is 0.922. The van der Waals surface area contributed by atoms with Crippen LogP contribution in [0.3, 0.4) is 0 Å².